The first kappa shape index (κ1) is 14.9. The average molecular weight is 237 g/mol. The normalized spacial score (nSPS) is 12.9. The Bertz CT molecular complexity index is 206. The summed E-state index contributed by atoms with van der Waals surface area (Å²) in [4.78, 5) is 10.5. The van der Waals surface area contributed by atoms with Gasteiger partial charge in [0.05, 0.1) is 11.2 Å². The highest BCUT2D eigenvalue weighted by Gasteiger charge is 2.20. The van der Waals surface area contributed by atoms with E-state index in [9.17, 15) is 4.79 Å². The van der Waals surface area contributed by atoms with Crippen LogP contribution in [-0.2, 0) is 14.3 Å². The van der Waals surface area contributed by atoms with E-state index in [0.717, 1.165) is 6.42 Å². The molecule has 0 aliphatic rings. The lowest BCUT2D eigenvalue weighted by Crippen LogP contribution is -2.30. The van der Waals surface area contributed by atoms with Gasteiger partial charge < -0.3 is 9.47 Å². The van der Waals surface area contributed by atoms with Crippen molar-refractivity contribution in [3.63, 3.8) is 0 Å². The summed E-state index contributed by atoms with van der Waals surface area (Å²) in [6.07, 6.45) is 0.731. The molecule has 0 radical (unpaired) electrons. The molecular weight excluding hydrogens is 216 g/mol. The predicted molar refractivity (Wildman–Crippen MR) is 61.2 cm³/mol. The van der Waals surface area contributed by atoms with Gasteiger partial charge >= 0.3 is 0 Å². The predicted octanol–water partition coefficient (Wildman–Crippen LogP) is 2.75. The summed E-state index contributed by atoms with van der Waals surface area (Å²) < 4.78 is 10.9. The number of carbonyl (C=O) groups is 1. The highest BCUT2D eigenvalue weighted by molar-refractivity contribution is 6.63. The third kappa shape index (κ3) is 10.2. The van der Waals surface area contributed by atoms with E-state index in [-0.39, 0.29) is 17.8 Å². The first-order chi connectivity index (χ1) is 6.62. The van der Waals surface area contributed by atoms with E-state index in [4.69, 9.17) is 21.1 Å². The molecule has 0 spiro atoms. The Hall–Kier alpha value is -0.120. The van der Waals surface area contributed by atoms with Crippen LogP contribution >= 0.6 is 11.6 Å². The molecule has 0 atom stereocenters. The Kier molecular flexibility index (Phi) is 5.78. The molecule has 0 aliphatic heterocycles. The second-order valence-corrected chi connectivity index (χ2v) is 5.54. The number of hydrogen-bond donors (Lipinski definition) is 0. The maximum absolute atomic E-state index is 10.5. The fourth-order valence-electron chi connectivity index (χ4n) is 0.927. The minimum Gasteiger partial charge on any atom is -0.376 e. The first-order valence-corrected chi connectivity index (χ1v) is 5.46. The summed E-state index contributed by atoms with van der Waals surface area (Å²) in [7, 11) is 0. The van der Waals surface area contributed by atoms with E-state index >= 15 is 0 Å². The molecule has 0 heterocycles. The van der Waals surface area contributed by atoms with Gasteiger partial charge in [0, 0.05) is 6.61 Å². The number of carbonyl (C=O) groups excluding carboxylic acids is 1. The quantitative estimate of drug-likeness (QED) is 0.666. The first-order valence-electron chi connectivity index (χ1n) is 5.09. The van der Waals surface area contributed by atoms with Crippen molar-refractivity contribution in [2.24, 2.45) is 0 Å². The zero-order chi connectivity index (χ0) is 12.1. The molecule has 3 nitrogen and oxygen atoms in total. The fourth-order valence-corrected chi connectivity index (χ4v) is 0.982. The highest BCUT2D eigenvalue weighted by Crippen LogP contribution is 2.17. The summed E-state index contributed by atoms with van der Waals surface area (Å²) in [6.45, 7) is 10.4. The lowest BCUT2D eigenvalue weighted by atomic mass is 10.1. The third-order valence-corrected chi connectivity index (χ3v) is 1.92. The lowest BCUT2D eigenvalue weighted by Gasteiger charge is -2.27. The summed E-state index contributed by atoms with van der Waals surface area (Å²) in [5, 5.41) is -0.472. The zero-order valence-electron chi connectivity index (χ0n) is 10.2. The molecule has 0 amide bonds. The van der Waals surface area contributed by atoms with Gasteiger partial charge in [-0.3, -0.25) is 4.79 Å². The van der Waals surface area contributed by atoms with Crippen LogP contribution in [0, 0.1) is 0 Å². The summed E-state index contributed by atoms with van der Waals surface area (Å²) in [5.74, 6) is 0. The maximum Gasteiger partial charge on any atom is 0.247 e. The topological polar surface area (TPSA) is 35.5 Å². The average Bonchev–Trinajstić information content (AvgIpc) is 1.98. The van der Waals surface area contributed by atoms with Crippen molar-refractivity contribution in [1.82, 2.24) is 0 Å². The van der Waals surface area contributed by atoms with E-state index in [2.05, 4.69) is 0 Å². The van der Waals surface area contributed by atoms with Crippen LogP contribution in [0.2, 0.25) is 0 Å². The lowest BCUT2D eigenvalue weighted by molar-refractivity contribution is -0.123. The van der Waals surface area contributed by atoms with E-state index in [1.807, 2.05) is 34.6 Å². The molecule has 0 bridgehead atoms. The van der Waals surface area contributed by atoms with Gasteiger partial charge in [-0.15, -0.1) is 0 Å². The molecule has 0 saturated carbocycles. The van der Waals surface area contributed by atoms with Gasteiger partial charge in [0.15, 0.2) is 0 Å². The fraction of sp³-hybridized carbons (Fsp3) is 0.909. The second-order valence-electron chi connectivity index (χ2n) is 5.11. The minimum atomic E-state index is -0.472. The summed E-state index contributed by atoms with van der Waals surface area (Å²) in [6, 6.07) is 0. The smallest absolute Gasteiger partial charge is 0.247 e. The molecule has 0 aromatic rings. The van der Waals surface area contributed by atoms with Crippen molar-refractivity contribution < 1.29 is 14.3 Å². The molecule has 90 valence electrons. The Morgan fingerprint density at radius 2 is 1.67 bits per heavy atom. The molecule has 0 fully saturated rings. The molecule has 0 aromatic carbocycles. The molecule has 4 heteroatoms. The van der Waals surface area contributed by atoms with Crippen molar-refractivity contribution in [3.05, 3.63) is 0 Å². The van der Waals surface area contributed by atoms with E-state index in [1.165, 1.54) is 0 Å². The Balaban J connectivity index is 3.78. The standard InChI is InChI=1S/C11H21ClO3/c1-10(2,3)14-7-6-11(4,5)15-8-9(12)13/h6-8H2,1-5H3. The van der Waals surface area contributed by atoms with Crippen LogP contribution in [0.15, 0.2) is 0 Å². The summed E-state index contributed by atoms with van der Waals surface area (Å²) in [5.41, 5.74) is -0.520. The van der Waals surface area contributed by atoms with Crippen LogP contribution in [-0.4, -0.2) is 29.7 Å². The molecule has 0 N–H and O–H groups in total. The van der Waals surface area contributed by atoms with Crippen LogP contribution in [0.25, 0.3) is 0 Å². The third-order valence-electron chi connectivity index (χ3n) is 1.82. The monoisotopic (exact) mass is 236 g/mol. The minimum absolute atomic E-state index is 0.0515. The SMILES string of the molecule is CC(C)(C)OCCC(C)(C)OCC(=O)Cl. The van der Waals surface area contributed by atoms with Crippen molar-refractivity contribution in [2.45, 2.75) is 52.2 Å². The molecule has 0 unspecified atom stereocenters. The number of halogens is 1. The maximum atomic E-state index is 10.5. The molecular formula is C11H21ClO3. The van der Waals surface area contributed by atoms with Crippen molar-refractivity contribution in [2.75, 3.05) is 13.2 Å². The number of rotatable bonds is 6. The van der Waals surface area contributed by atoms with E-state index < -0.39 is 5.24 Å². The van der Waals surface area contributed by atoms with Gasteiger partial charge in [0.25, 0.3) is 0 Å². The van der Waals surface area contributed by atoms with Crippen molar-refractivity contribution in [3.8, 4) is 0 Å². The van der Waals surface area contributed by atoms with Crippen molar-refractivity contribution >= 4 is 16.8 Å². The molecule has 0 aromatic heterocycles. The van der Waals surface area contributed by atoms with Gasteiger partial charge in [-0.1, -0.05) is 0 Å². The van der Waals surface area contributed by atoms with Gasteiger partial charge in [-0.25, -0.2) is 0 Å². The van der Waals surface area contributed by atoms with Crippen LogP contribution in [0.3, 0.4) is 0 Å². The Labute approximate surface area is 97.1 Å². The largest absolute Gasteiger partial charge is 0.376 e. The highest BCUT2D eigenvalue weighted by atomic mass is 35.5. The molecule has 15 heavy (non-hydrogen) atoms. The van der Waals surface area contributed by atoms with Crippen LogP contribution < -0.4 is 0 Å². The molecule has 0 rings (SSSR count). The van der Waals surface area contributed by atoms with Crippen LogP contribution in [0.5, 0.6) is 0 Å². The van der Waals surface area contributed by atoms with Crippen LogP contribution in [0.1, 0.15) is 41.0 Å². The van der Waals surface area contributed by atoms with Crippen molar-refractivity contribution in [1.29, 1.82) is 0 Å². The van der Waals surface area contributed by atoms with Gasteiger partial charge in [-0.05, 0) is 52.6 Å². The molecule has 0 aliphatic carbocycles. The number of hydrogen-bond acceptors (Lipinski definition) is 3. The van der Waals surface area contributed by atoms with E-state index in [1.54, 1.807) is 0 Å². The van der Waals surface area contributed by atoms with E-state index in [0.29, 0.717) is 6.61 Å². The molecule has 0 saturated heterocycles. The van der Waals surface area contributed by atoms with Crippen LogP contribution in [0.4, 0.5) is 0 Å². The second kappa shape index (κ2) is 5.83. The zero-order valence-corrected chi connectivity index (χ0v) is 11.0. The number of ether oxygens (including phenoxy) is 2. The van der Waals surface area contributed by atoms with Gasteiger partial charge in [-0.2, -0.15) is 0 Å². The van der Waals surface area contributed by atoms with Gasteiger partial charge in [0.1, 0.15) is 6.61 Å². The Morgan fingerprint density at radius 1 is 1.13 bits per heavy atom. The van der Waals surface area contributed by atoms with Gasteiger partial charge in [0.2, 0.25) is 5.24 Å². The summed E-state index contributed by atoms with van der Waals surface area (Å²) >= 11 is 5.20. The Morgan fingerprint density at radius 3 is 2.07 bits per heavy atom.